The Morgan fingerprint density at radius 1 is 0.935 bits per heavy atom. The molecule has 2 atom stereocenters. The highest BCUT2D eigenvalue weighted by molar-refractivity contribution is 7.80. The van der Waals surface area contributed by atoms with Crippen molar-refractivity contribution in [3.8, 4) is 11.4 Å². The number of nitrogens with zero attached hydrogens (tertiary/aromatic N) is 4. The van der Waals surface area contributed by atoms with Gasteiger partial charge in [0.1, 0.15) is 11.8 Å². The van der Waals surface area contributed by atoms with Crippen molar-refractivity contribution in [3.63, 3.8) is 0 Å². The molecule has 4 heterocycles. The van der Waals surface area contributed by atoms with Crippen molar-refractivity contribution >= 4 is 23.0 Å². The van der Waals surface area contributed by atoms with Crippen molar-refractivity contribution in [1.82, 2.24) is 19.9 Å². The van der Waals surface area contributed by atoms with Gasteiger partial charge in [0.2, 0.25) is 0 Å². The maximum atomic E-state index is 5.83. The van der Waals surface area contributed by atoms with E-state index in [9.17, 15) is 0 Å². The SMILES string of the molecule is COc1ccccc1N1C(=S)N[C@H](c2ccccn2)[C@@H]1c1cccn1-c1ccncc1. The van der Waals surface area contributed by atoms with E-state index < -0.39 is 0 Å². The monoisotopic (exact) mass is 427 g/mol. The lowest BCUT2D eigenvalue weighted by Gasteiger charge is -2.29. The second-order valence-electron chi connectivity index (χ2n) is 7.18. The molecule has 0 amide bonds. The van der Waals surface area contributed by atoms with Crippen molar-refractivity contribution in [2.24, 2.45) is 0 Å². The summed E-state index contributed by atoms with van der Waals surface area (Å²) in [5, 5.41) is 4.13. The largest absolute Gasteiger partial charge is 0.495 e. The summed E-state index contributed by atoms with van der Waals surface area (Å²) in [7, 11) is 1.68. The molecular formula is C24H21N5OS. The zero-order valence-electron chi connectivity index (χ0n) is 16.9. The first kappa shape index (κ1) is 19.3. The Labute approximate surface area is 186 Å². The van der Waals surface area contributed by atoms with Crippen molar-refractivity contribution in [3.05, 3.63) is 103 Å². The predicted molar refractivity (Wildman–Crippen MR) is 124 cm³/mol. The molecule has 0 saturated carbocycles. The molecule has 1 N–H and O–H groups in total. The molecule has 3 aromatic heterocycles. The first-order chi connectivity index (χ1) is 15.3. The molecule has 0 spiro atoms. The standard InChI is InChI=1S/C24H21N5OS/c1-30-21-10-3-2-8-19(21)29-23(22(27-24(29)31)18-7-4-5-13-26-18)20-9-6-16-28(20)17-11-14-25-15-12-17/h2-16,22-23H,1H3,(H,27,31)/t22-,23+/m1/s1. The molecule has 0 bridgehead atoms. The van der Waals surface area contributed by atoms with Gasteiger partial charge in [0, 0.05) is 36.2 Å². The van der Waals surface area contributed by atoms with Crippen molar-refractivity contribution < 1.29 is 4.74 Å². The number of thiocarbonyl (C=S) groups is 1. The maximum Gasteiger partial charge on any atom is 0.174 e. The summed E-state index contributed by atoms with van der Waals surface area (Å²) in [5.41, 5.74) is 3.95. The highest BCUT2D eigenvalue weighted by Gasteiger charge is 2.43. The molecule has 5 rings (SSSR count). The van der Waals surface area contributed by atoms with Crippen LogP contribution in [0.5, 0.6) is 5.75 Å². The molecule has 1 aromatic carbocycles. The molecule has 154 valence electrons. The molecule has 1 fully saturated rings. The number of methoxy groups -OCH3 is 1. The van der Waals surface area contributed by atoms with Crippen molar-refractivity contribution in [2.45, 2.75) is 12.1 Å². The summed E-state index contributed by atoms with van der Waals surface area (Å²) in [6, 6.07) is 21.8. The molecule has 31 heavy (non-hydrogen) atoms. The van der Waals surface area contributed by atoms with Gasteiger partial charge in [-0.05, 0) is 60.7 Å². The number of benzene rings is 1. The zero-order chi connectivity index (χ0) is 21.2. The quantitative estimate of drug-likeness (QED) is 0.475. The smallest absolute Gasteiger partial charge is 0.174 e. The summed E-state index contributed by atoms with van der Waals surface area (Å²) in [6.07, 6.45) is 7.46. The number of aromatic nitrogens is 3. The number of nitrogens with one attached hydrogen (secondary N) is 1. The molecule has 6 nitrogen and oxygen atoms in total. The Morgan fingerprint density at radius 3 is 2.52 bits per heavy atom. The number of hydrogen-bond acceptors (Lipinski definition) is 4. The fraction of sp³-hybridized carbons (Fsp3) is 0.125. The average Bonchev–Trinajstić information content (AvgIpc) is 3.44. The van der Waals surface area contributed by atoms with Crippen LogP contribution in [-0.2, 0) is 0 Å². The minimum atomic E-state index is -0.137. The Bertz CT molecular complexity index is 1190. The number of pyridine rings is 2. The maximum absolute atomic E-state index is 5.83. The number of hydrogen-bond donors (Lipinski definition) is 1. The Hall–Kier alpha value is -3.71. The van der Waals surface area contributed by atoms with Crippen LogP contribution in [-0.4, -0.2) is 26.8 Å². The van der Waals surface area contributed by atoms with E-state index in [4.69, 9.17) is 17.0 Å². The van der Waals surface area contributed by atoms with E-state index in [0.717, 1.165) is 28.5 Å². The number of rotatable bonds is 5. The van der Waals surface area contributed by atoms with E-state index in [1.54, 1.807) is 19.5 Å². The van der Waals surface area contributed by atoms with Gasteiger partial charge in [-0.15, -0.1) is 0 Å². The lowest BCUT2D eigenvalue weighted by Crippen LogP contribution is -2.30. The average molecular weight is 428 g/mol. The van der Waals surface area contributed by atoms with E-state index in [0.29, 0.717) is 5.11 Å². The predicted octanol–water partition coefficient (Wildman–Crippen LogP) is 4.45. The number of ether oxygens (including phenoxy) is 1. The Balaban J connectivity index is 1.69. The van der Waals surface area contributed by atoms with E-state index in [1.807, 2.05) is 66.9 Å². The highest BCUT2D eigenvalue weighted by atomic mass is 32.1. The number of para-hydroxylation sites is 2. The van der Waals surface area contributed by atoms with Crippen molar-refractivity contribution in [1.29, 1.82) is 0 Å². The first-order valence-electron chi connectivity index (χ1n) is 9.99. The third kappa shape index (κ3) is 3.43. The van der Waals surface area contributed by atoms with Gasteiger partial charge in [-0.3, -0.25) is 9.97 Å². The van der Waals surface area contributed by atoms with Crippen LogP contribution in [0.1, 0.15) is 23.5 Å². The van der Waals surface area contributed by atoms with Gasteiger partial charge in [0.25, 0.3) is 0 Å². The minimum Gasteiger partial charge on any atom is -0.495 e. The van der Waals surface area contributed by atoms with Gasteiger partial charge in [0.15, 0.2) is 5.11 Å². The summed E-state index contributed by atoms with van der Waals surface area (Å²) < 4.78 is 7.83. The molecule has 7 heteroatoms. The molecule has 0 unspecified atom stereocenters. The van der Waals surface area contributed by atoms with Crippen LogP contribution >= 0.6 is 12.2 Å². The van der Waals surface area contributed by atoms with Crippen LogP contribution in [0, 0.1) is 0 Å². The van der Waals surface area contributed by atoms with Gasteiger partial charge < -0.3 is 19.5 Å². The van der Waals surface area contributed by atoms with Crippen LogP contribution in [0.4, 0.5) is 5.69 Å². The summed E-state index contributed by atoms with van der Waals surface area (Å²) in [5.74, 6) is 0.764. The molecular weight excluding hydrogens is 406 g/mol. The van der Waals surface area contributed by atoms with Gasteiger partial charge in [-0.1, -0.05) is 18.2 Å². The highest BCUT2D eigenvalue weighted by Crippen LogP contribution is 2.44. The third-order valence-electron chi connectivity index (χ3n) is 5.47. The second kappa shape index (κ2) is 8.20. The fourth-order valence-electron chi connectivity index (χ4n) is 4.12. The molecule has 1 saturated heterocycles. The van der Waals surface area contributed by atoms with Crippen LogP contribution in [0.25, 0.3) is 5.69 Å². The molecule has 4 aromatic rings. The van der Waals surface area contributed by atoms with Gasteiger partial charge >= 0.3 is 0 Å². The van der Waals surface area contributed by atoms with Crippen LogP contribution < -0.4 is 15.0 Å². The lowest BCUT2D eigenvalue weighted by atomic mass is 10.0. The van der Waals surface area contributed by atoms with Crippen LogP contribution in [0.2, 0.25) is 0 Å². The van der Waals surface area contributed by atoms with Crippen molar-refractivity contribution in [2.75, 3.05) is 12.0 Å². The van der Waals surface area contributed by atoms with Gasteiger partial charge in [-0.25, -0.2) is 0 Å². The van der Waals surface area contributed by atoms with E-state index >= 15 is 0 Å². The summed E-state index contributed by atoms with van der Waals surface area (Å²) in [4.78, 5) is 10.9. The lowest BCUT2D eigenvalue weighted by molar-refractivity contribution is 0.414. The Kier molecular flexibility index (Phi) is 5.09. The summed E-state index contributed by atoms with van der Waals surface area (Å²) in [6.45, 7) is 0. The van der Waals surface area contributed by atoms with E-state index in [2.05, 4.69) is 37.0 Å². The second-order valence-corrected chi connectivity index (χ2v) is 7.56. The summed E-state index contributed by atoms with van der Waals surface area (Å²) >= 11 is 5.83. The van der Waals surface area contributed by atoms with E-state index in [1.165, 1.54) is 0 Å². The molecule has 0 aliphatic carbocycles. The number of anilines is 1. The topological polar surface area (TPSA) is 55.2 Å². The van der Waals surface area contributed by atoms with Gasteiger partial charge in [0.05, 0.1) is 24.5 Å². The van der Waals surface area contributed by atoms with Crippen LogP contribution in [0.15, 0.2) is 91.5 Å². The third-order valence-corrected chi connectivity index (χ3v) is 5.78. The molecule has 1 aliphatic heterocycles. The minimum absolute atomic E-state index is 0.130. The fourth-order valence-corrected chi connectivity index (χ4v) is 4.46. The Morgan fingerprint density at radius 2 is 1.74 bits per heavy atom. The normalized spacial score (nSPS) is 18.1. The molecule has 1 aliphatic rings. The zero-order valence-corrected chi connectivity index (χ0v) is 17.7. The first-order valence-corrected chi connectivity index (χ1v) is 10.4. The molecule has 0 radical (unpaired) electrons. The van der Waals surface area contributed by atoms with Gasteiger partial charge in [-0.2, -0.15) is 0 Å². The van der Waals surface area contributed by atoms with E-state index in [-0.39, 0.29) is 12.1 Å². The van der Waals surface area contributed by atoms with Crippen LogP contribution in [0.3, 0.4) is 0 Å².